The van der Waals surface area contributed by atoms with Gasteiger partial charge >= 0.3 is 5.97 Å². The molecule has 2 aliphatic rings. The first-order valence-electron chi connectivity index (χ1n) is 7.02. The first-order chi connectivity index (χ1) is 9.06. The lowest BCUT2D eigenvalue weighted by atomic mass is 10.2. The van der Waals surface area contributed by atoms with E-state index in [9.17, 15) is 9.59 Å². The summed E-state index contributed by atoms with van der Waals surface area (Å²) in [4.78, 5) is 26.9. The first kappa shape index (κ1) is 14.3. The van der Waals surface area contributed by atoms with Crippen molar-refractivity contribution in [2.75, 3.05) is 32.7 Å². The molecule has 19 heavy (non-hydrogen) atoms. The summed E-state index contributed by atoms with van der Waals surface area (Å²) >= 11 is 0. The van der Waals surface area contributed by atoms with Crippen LogP contribution < -0.4 is 5.32 Å². The molecule has 2 atom stereocenters. The fourth-order valence-corrected chi connectivity index (χ4v) is 3.14. The number of aliphatic carboxylic acids is 1. The van der Waals surface area contributed by atoms with Gasteiger partial charge in [0.15, 0.2) is 0 Å². The van der Waals surface area contributed by atoms with Gasteiger partial charge in [0.2, 0.25) is 5.91 Å². The van der Waals surface area contributed by atoms with Crippen molar-refractivity contribution < 1.29 is 14.7 Å². The van der Waals surface area contributed by atoms with Gasteiger partial charge in [0.1, 0.15) is 6.04 Å². The number of fused-ring (bicyclic) bond motifs is 1. The predicted molar refractivity (Wildman–Crippen MR) is 70.9 cm³/mol. The van der Waals surface area contributed by atoms with E-state index >= 15 is 0 Å². The Kier molecular flexibility index (Phi) is 4.76. The van der Waals surface area contributed by atoms with E-state index in [1.54, 1.807) is 0 Å². The van der Waals surface area contributed by atoms with Gasteiger partial charge in [-0.3, -0.25) is 14.6 Å². The summed E-state index contributed by atoms with van der Waals surface area (Å²) in [6, 6.07) is -0.236. The van der Waals surface area contributed by atoms with Crippen LogP contribution in [0.15, 0.2) is 0 Å². The highest BCUT2D eigenvalue weighted by molar-refractivity contribution is 5.82. The van der Waals surface area contributed by atoms with Crippen LogP contribution >= 0.6 is 0 Å². The summed E-state index contributed by atoms with van der Waals surface area (Å²) in [5, 5.41) is 11.7. The molecular formula is C13H23N3O3. The monoisotopic (exact) mass is 269 g/mol. The molecule has 2 rings (SSSR count). The summed E-state index contributed by atoms with van der Waals surface area (Å²) in [5.74, 6) is -1.24. The Labute approximate surface area is 113 Å². The molecule has 2 fully saturated rings. The first-order valence-corrected chi connectivity index (χ1v) is 7.02. The summed E-state index contributed by atoms with van der Waals surface area (Å²) in [5.41, 5.74) is 0. The Bertz CT molecular complexity index is 348. The molecule has 2 aliphatic heterocycles. The Morgan fingerprint density at radius 1 is 1.32 bits per heavy atom. The third kappa shape index (κ3) is 3.91. The average Bonchev–Trinajstić information content (AvgIpc) is 2.67. The van der Waals surface area contributed by atoms with Gasteiger partial charge in [0.05, 0.1) is 0 Å². The lowest BCUT2D eigenvalue weighted by molar-refractivity contribution is -0.142. The quantitative estimate of drug-likeness (QED) is 0.736. The largest absolute Gasteiger partial charge is 0.480 e. The van der Waals surface area contributed by atoms with E-state index in [1.165, 1.54) is 26.3 Å². The SMILES string of the molecule is CC(=O)NC(CN1CCCN2CCCC2C1)C(=O)O. The number of nitrogens with zero attached hydrogens (tertiary/aromatic N) is 2. The fourth-order valence-electron chi connectivity index (χ4n) is 3.14. The van der Waals surface area contributed by atoms with E-state index in [-0.39, 0.29) is 5.91 Å². The summed E-state index contributed by atoms with van der Waals surface area (Å²) in [7, 11) is 0. The molecule has 2 N–H and O–H groups in total. The topological polar surface area (TPSA) is 72.9 Å². The smallest absolute Gasteiger partial charge is 0.327 e. The Balaban J connectivity index is 1.92. The minimum Gasteiger partial charge on any atom is -0.480 e. The maximum atomic E-state index is 11.2. The number of carbonyl (C=O) groups excluding carboxylic acids is 1. The summed E-state index contributed by atoms with van der Waals surface area (Å²) in [6.45, 7) is 5.88. The van der Waals surface area contributed by atoms with Gasteiger partial charge in [-0.15, -0.1) is 0 Å². The number of hydrogen-bond acceptors (Lipinski definition) is 4. The lowest BCUT2D eigenvalue weighted by Gasteiger charge is -2.27. The van der Waals surface area contributed by atoms with Gasteiger partial charge in [0.25, 0.3) is 0 Å². The minimum absolute atomic E-state index is 0.287. The third-order valence-corrected chi connectivity index (χ3v) is 4.00. The van der Waals surface area contributed by atoms with Gasteiger partial charge in [-0.25, -0.2) is 4.79 Å². The van der Waals surface area contributed by atoms with Crippen molar-refractivity contribution in [2.45, 2.75) is 38.3 Å². The Morgan fingerprint density at radius 3 is 2.74 bits per heavy atom. The maximum absolute atomic E-state index is 11.2. The molecule has 0 bridgehead atoms. The number of rotatable bonds is 4. The van der Waals surface area contributed by atoms with Crippen molar-refractivity contribution in [2.24, 2.45) is 0 Å². The van der Waals surface area contributed by atoms with Crippen molar-refractivity contribution in [3.63, 3.8) is 0 Å². The van der Waals surface area contributed by atoms with Crippen molar-refractivity contribution >= 4 is 11.9 Å². The zero-order valence-corrected chi connectivity index (χ0v) is 11.5. The molecule has 0 aromatic rings. The van der Waals surface area contributed by atoms with Crippen molar-refractivity contribution in [3.05, 3.63) is 0 Å². The Hall–Kier alpha value is -1.14. The predicted octanol–water partition coefficient (Wildman–Crippen LogP) is -0.254. The van der Waals surface area contributed by atoms with Crippen LogP contribution in [-0.4, -0.2) is 71.6 Å². The molecule has 0 aliphatic carbocycles. The minimum atomic E-state index is -0.956. The molecule has 1 amide bonds. The van der Waals surface area contributed by atoms with Crippen molar-refractivity contribution in [3.8, 4) is 0 Å². The molecule has 0 aromatic heterocycles. The normalized spacial score (nSPS) is 26.5. The molecule has 2 heterocycles. The van der Waals surface area contributed by atoms with Gasteiger partial charge in [-0.1, -0.05) is 0 Å². The molecule has 0 radical (unpaired) electrons. The van der Waals surface area contributed by atoms with Crippen LogP contribution in [0.1, 0.15) is 26.2 Å². The molecule has 2 saturated heterocycles. The second-order valence-corrected chi connectivity index (χ2v) is 5.54. The number of amides is 1. The van der Waals surface area contributed by atoms with Crippen LogP contribution in [0.2, 0.25) is 0 Å². The van der Waals surface area contributed by atoms with Crippen LogP contribution in [0.25, 0.3) is 0 Å². The molecule has 2 unspecified atom stereocenters. The molecule has 6 heteroatoms. The van der Waals surface area contributed by atoms with Crippen molar-refractivity contribution in [1.82, 2.24) is 15.1 Å². The van der Waals surface area contributed by atoms with E-state index in [0.717, 1.165) is 26.1 Å². The van der Waals surface area contributed by atoms with E-state index in [2.05, 4.69) is 15.1 Å². The van der Waals surface area contributed by atoms with Gasteiger partial charge in [0, 0.05) is 26.1 Å². The molecular weight excluding hydrogens is 246 g/mol. The van der Waals surface area contributed by atoms with Gasteiger partial charge in [-0.05, 0) is 38.9 Å². The Morgan fingerprint density at radius 2 is 2.05 bits per heavy atom. The summed E-state index contributed by atoms with van der Waals surface area (Å²) in [6.07, 6.45) is 3.52. The second kappa shape index (κ2) is 6.34. The molecule has 108 valence electrons. The van der Waals surface area contributed by atoms with Crippen LogP contribution in [-0.2, 0) is 9.59 Å². The highest BCUT2D eigenvalue weighted by atomic mass is 16.4. The fraction of sp³-hybridized carbons (Fsp3) is 0.846. The second-order valence-electron chi connectivity index (χ2n) is 5.54. The third-order valence-electron chi connectivity index (χ3n) is 4.00. The number of hydrogen-bond donors (Lipinski definition) is 2. The standard InChI is InChI=1S/C13H23N3O3/c1-10(17)14-12(13(18)19)9-15-5-3-7-16-6-2-4-11(16)8-15/h11-12H,2-9H2,1H3,(H,14,17)(H,18,19). The maximum Gasteiger partial charge on any atom is 0.327 e. The van der Waals surface area contributed by atoms with Gasteiger partial charge in [-0.2, -0.15) is 0 Å². The van der Waals surface area contributed by atoms with Crippen LogP contribution in [0.4, 0.5) is 0 Å². The number of carboxylic acid groups (broad SMARTS) is 1. The molecule has 0 spiro atoms. The van der Waals surface area contributed by atoms with E-state index in [4.69, 9.17) is 5.11 Å². The number of carbonyl (C=O) groups is 2. The van der Waals surface area contributed by atoms with Crippen LogP contribution in [0.5, 0.6) is 0 Å². The molecule has 6 nitrogen and oxygen atoms in total. The van der Waals surface area contributed by atoms with E-state index in [1.807, 2.05) is 0 Å². The van der Waals surface area contributed by atoms with Gasteiger partial charge < -0.3 is 10.4 Å². The number of nitrogens with one attached hydrogen (secondary N) is 1. The van der Waals surface area contributed by atoms with E-state index < -0.39 is 12.0 Å². The zero-order valence-electron chi connectivity index (χ0n) is 11.5. The zero-order chi connectivity index (χ0) is 13.8. The molecule has 0 saturated carbocycles. The molecule has 0 aromatic carbocycles. The lowest BCUT2D eigenvalue weighted by Crippen LogP contribution is -2.49. The number of carboxylic acids is 1. The van der Waals surface area contributed by atoms with E-state index in [0.29, 0.717) is 12.6 Å². The highest BCUT2D eigenvalue weighted by Gasteiger charge is 2.30. The van der Waals surface area contributed by atoms with Crippen LogP contribution in [0, 0.1) is 0 Å². The summed E-state index contributed by atoms with van der Waals surface area (Å²) < 4.78 is 0. The van der Waals surface area contributed by atoms with Crippen LogP contribution in [0.3, 0.4) is 0 Å². The average molecular weight is 269 g/mol. The van der Waals surface area contributed by atoms with Crippen molar-refractivity contribution in [1.29, 1.82) is 0 Å². The highest BCUT2D eigenvalue weighted by Crippen LogP contribution is 2.21.